The van der Waals surface area contributed by atoms with Gasteiger partial charge < -0.3 is 10.4 Å². The van der Waals surface area contributed by atoms with Crippen molar-refractivity contribution in [2.24, 2.45) is 0 Å². The number of aliphatic hydroxyl groups is 1. The van der Waals surface area contributed by atoms with Gasteiger partial charge in [0, 0.05) is 25.9 Å². The molecule has 1 fully saturated rings. The smallest absolute Gasteiger partial charge is 0.293 e. The molecule has 0 aliphatic carbocycles. The topological polar surface area (TPSA) is 104 Å². The number of pyridine rings is 1. The number of nitrogens with one attached hydrogen (secondary N) is 1. The zero-order valence-corrected chi connectivity index (χ0v) is 16.4. The highest BCUT2D eigenvalue weighted by Crippen LogP contribution is 2.32. The van der Waals surface area contributed by atoms with Crippen molar-refractivity contribution in [2.75, 3.05) is 25.0 Å². The van der Waals surface area contributed by atoms with Gasteiger partial charge in [-0.1, -0.05) is 19.4 Å². The Hall–Kier alpha value is -2.65. The molecule has 0 spiro atoms. The van der Waals surface area contributed by atoms with E-state index in [9.17, 15) is 14.4 Å². The summed E-state index contributed by atoms with van der Waals surface area (Å²) >= 11 is 0.833. The number of anilines is 1. The Bertz CT molecular complexity index is 986. The third-order valence-electron chi connectivity index (χ3n) is 4.28. The van der Waals surface area contributed by atoms with Crippen molar-refractivity contribution in [1.29, 1.82) is 0 Å². The number of carbonyl (C=O) groups excluding carboxylic acids is 2. The van der Waals surface area contributed by atoms with Crippen LogP contribution in [-0.4, -0.2) is 50.2 Å². The van der Waals surface area contributed by atoms with Gasteiger partial charge in [-0.15, -0.1) is 0 Å². The van der Waals surface area contributed by atoms with Crippen molar-refractivity contribution < 1.29 is 14.7 Å². The number of nitrogens with zero attached hydrogens (tertiary/aromatic N) is 3. The second kappa shape index (κ2) is 9.03. The highest BCUT2D eigenvalue weighted by molar-refractivity contribution is 8.18. The summed E-state index contributed by atoms with van der Waals surface area (Å²) in [4.78, 5) is 43.6. The maximum absolute atomic E-state index is 13.0. The van der Waals surface area contributed by atoms with Gasteiger partial charge in [0.1, 0.15) is 11.5 Å². The van der Waals surface area contributed by atoms with Crippen LogP contribution in [-0.2, 0) is 4.79 Å². The van der Waals surface area contributed by atoms with Crippen molar-refractivity contribution in [1.82, 2.24) is 14.3 Å². The van der Waals surface area contributed by atoms with Gasteiger partial charge in [-0.05, 0) is 42.8 Å². The van der Waals surface area contributed by atoms with E-state index in [1.54, 1.807) is 24.4 Å². The molecule has 0 radical (unpaired) electrons. The second-order valence-corrected chi connectivity index (χ2v) is 7.29. The van der Waals surface area contributed by atoms with Crippen LogP contribution in [0.3, 0.4) is 0 Å². The molecule has 3 heterocycles. The highest BCUT2D eigenvalue weighted by atomic mass is 32.2. The van der Waals surface area contributed by atoms with Gasteiger partial charge in [-0.2, -0.15) is 0 Å². The summed E-state index contributed by atoms with van der Waals surface area (Å²) in [5.41, 5.74) is 0.340. The Kier molecular flexibility index (Phi) is 6.48. The van der Waals surface area contributed by atoms with E-state index in [2.05, 4.69) is 10.3 Å². The number of amides is 2. The van der Waals surface area contributed by atoms with E-state index in [1.165, 1.54) is 15.4 Å². The van der Waals surface area contributed by atoms with Crippen molar-refractivity contribution in [3.05, 3.63) is 45.2 Å². The lowest BCUT2D eigenvalue weighted by Crippen LogP contribution is -2.29. The molecular formula is C19H22N4O4S. The quantitative estimate of drug-likeness (QED) is 0.516. The summed E-state index contributed by atoms with van der Waals surface area (Å²) in [6.07, 6.45) is 5.14. The van der Waals surface area contributed by atoms with Gasteiger partial charge in [0.05, 0.1) is 10.5 Å². The summed E-state index contributed by atoms with van der Waals surface area (Å²) in [5.74, 6) is -0.0627. The monoisotopic (exact) mass is 402 g/mol. The number of hydrogen-bond donors (Lipinski definition) is 2. The number of aromatic nitrogens is 2. The standard InChI is InChI=1S/C19H22N4O4S/c1-2-3-9-23-18(26)14(28-19(23)27)12-13-16(20-8-6-11-24)21-15-7-4-5-10-22(15)17(13)25/h4-5,7,10,12,20,24H,2-3,6,8-9,11H2,1H3/b14-12-. The molecule has 3 rings (SSSR count). The third-order valence-corrected chi connectivity index (χ3v) is 5.19. The van der Waals surface area contributed by atoms with Crippen LogP contribution >= 0.6 is 11.8 Å². The first-order valence-corrected chi connectivity index (χ1v) is 10.00. The van der Waals surface area contributed by atoms with Gasteiger partial charge in [-0.3, -0.25) is 23.7 Å². The lowest BCUT2D eigenvalue weighted by molar-refractivity contribution is -0.122. The minimum absolute atomic E-state index is 0.00517. The highest BCUT2D eigenvalue weighted by Gasteiger charge is 2.35. The van der Waals surface area contributed by atoms with Gasteiger partial charge in [0.15, 0.2) is 0 Å². The minimum atomic E-state index is -0.387. The largest absolute Gasteiger partial charge is 0.396 e. The molecule has 0 unspecified atom stereocenters. The van der Waals surface area contributed by atoms with Crippen LogP contribution in [0.1, 0.15) is 31.7 Å². The van der Waals surface area contributed by atoms with Crippen LogP contribution in [0.5, 0.6) is 0 Å². The number of imide groups is 1. The average molecular weight is 402 g/mol. The van der Waals surface area contributed by atoms with E-state index in [4.69, 9.17) is 5.11 Å². The molecule has 0 atom stereocenters. The van der Waals surface area contributed by atoms with Crippen LogP contribution in [0.4, 0.5) is 10.6 Å². The van der Waals surface area contributed by atoms with Crippen molar-refractivity contribution in [3.63, 3.8) is 0 Å². The number of hydrogen-bond acceptors (Lipinski definition) is 7. The molecule has 0 bridgehead atoms. The third kappa shape index (κ3) is 4.10. The molecule has 1 saturated heterocycles. The summed E-state index contributed by atoms with van der Waals surface area (Å²) in [7, 11) is 0. The van der Waals surface area contributed by atoms with Crippen LogP contribution in [0.2, 0.25) is 0 Å². The van der Waals surface area contributed by atoms with E-state index in [0.717, 1.165) is 24.6 Å². The predicted octanol–water partition coefficient (Wildman–Crippen LogP) is 2.33. The number of unbranched alkanes of at least 4 members (excludes halogenated alkanes) is 1. The lowest BCUT2D eigenvalue weighted by atomic mass is 10.2. The van der Waals surface area contributed by atoms with Crippen molar-refractivity contribution >= 4 is 40.4 Å². The van der Waals surface area contributed by atoms with Gasteiger partial charge in [-0.25, -0.2) is 4.98 Å². The first-order chi connectivity index (χ1) is 13.6. The summed E-state index contributed by atoms with van der Waals surface area (Å²) in [6.45, 7) is 2.78. The molecule has 1 aliphatic rings. The van der Waals surface area contributed by atoms with Gasteiger partial charge in [0.25, 0.3) is 16.7 Å². The summed E-state index contributed by atoms with van der Waals surface area (Å²) < 4.78 is 1.39. The van der Waals surface area contributed by atoms with E-state index < -0.39 is 0 Å². The SMILES string of the molecule is CCCCN1C(=O)S/C(=C\c2c(NCCCO)nc3ccccn3c2=O)C1=O. The number of aliphatic hydroxyl groups excluding tert-OH is 1. The fourth-order valence-corrected chi connectivity index (χ4v) is 3.64. The van der Waals surface area contributed by atoms with Crippen molar-refractivity contribution in [3.8, 4) is 0 Å². The van der Waals surface area contributed by atoms with Gasteiger partial charge >= 0.3 is 0 Å². The van der Waals surface area contributed by atoms with E-state index >= 15 is 0 Å². The molecule has 2 aromatic rings. The fraction of sp³-hybridized carbons (Fsp3) is 0.368. The zero-order chi connectivity index (χ0) is 20.1. The van der Waals surface area contributed by atoms with Crippen LogP contribution in [0.25, 0.3) is 11.7 Å². The molecule has 1 aliphatic heterocycles. The lowest BCUT2D eigenvalue weighted by Gasteiger charge is -2.11. The Labute approximate surface area is 166 Å². The van der Waals surface area contributed by atoms with E-state index in [0.29, 0.717) is 31.0 Å². The molecule has 2 N–H and O–H groups in total. The second-order valence-electron chi connectivity index (χ2n) is 6.30. The van der Waals surface area contributed by atoms with Crippen LogP contribution in [0, 0.1) is 0 Å². The molecule has 0 saturated carbocycles. The average Bonchev–Trinajstić information content (AvgIpc) is 2.96. The molecule has 148 valence electrons. The summed E-state index contributed by atoms with van der Waals surface area (Å²) in [5, 5.41) is 11.7. The Morgan fingerprint density at radius 1 is 1.25 bits per heavy atom. The number of carbonyl (C=O) groups is 2. The molecule has 0 aromatic carbocycles. The van der Waals surface area contributed by atoms with Gasteiger partial charge in [0.2, 0.25) is 0 Å². The first kappa shape index (κ1) is 20.1. The number of thioether (sulfide) groups is 1. The minimum Gasteiger partial charge on any atom is -0.396 e. The fourth-order valence-electron chi connectivity index (χ4n) is 2.79. The number of fused-ring (bicyclic) bond motifs is 1. The van der Waals surface area contributed by atoms with Crippen LogP contribution in [0.15, 0.2) is 34.1 Å². The number of rotatable bonds is 8. The molecule has 8 nitrogen and oxygen atoms in total. The first-order valence-electron chi connectivity index (χ1n) is 9.18. The molecule has 9 heteroatoms. The van der Waals surface area contributed by atoms with Crippen molar-refractivity contribution in [2.45, 2.75) is 26.2 Å². The maximum atomic E-state index is 13.0. The predicted molar refractivity (Wildman–Crippen MR) is 109 cm³/mol. The molecule has 2 aromatic heterocycles. The molecular weight excluding hydrogens is 380 g/mol. The Balaban J connectivity index is 2.03. The van der Waals surface area contributed by atoms with E-state index in [-0.39, 0.29) is 33.8 Å². The van der Waals surface area contributed by atoms with E-state index in [1.807, 2.05) is 6.92 Å². The Morgan fingerprint density at radius 2 is 2.07 bits per heavy atom. The zero-order valence-electron chi connectivity index (χ0n) is 15.6. The molecule has 28 heavy (non-hydrogen) atoms. The summed E-state index contributed by atoms with van der Waals surface area (Å²) in [6, 6.07) is 5.20. The van der Waals surface area contributed by atoms with Crippen LogP contribution < -0.4 is 10.9 Å². The Morgan fingerprint density at radius 3 is 2.82 bits per heavy atom. The molecule has 2 amide bonds. The normalized spacial score (nSPS) is 15.8. The maximum Gasteiger partial charge on any atom is 0.293 e.